The molecule has 240 valence electrons. The van der Waals surface area contributed by atoms with Crippen LogP contribution < -0.4 is 19.5 Å². The van der Waals surface area contributed by atoms with E-state index in [9.17, 15) is 9.59 Å². The van der Waals surface area contributed by atoms with Crippen molar-refractivity contribution in [1.82, 2.24) is 5.32 Å². The van der Waals surface area contributed by atoms with E-state index in [1.807, 2.05) is 42.5 Å². The average Bonchev–Trinajstić information content (AvgIpc) is 3.43. The second-order valence-corrected chi connectivity index (χ2v) is 11.7. The highest BCUT2D eigenvalue weighted by Crippen LogP contribution is 2.43. The summed E-state index contributed by atoms with van der Waals surface area (Å²) >= 11 is 0. The molecule has 0 unspecified atom stereocenters. The first kappa shape index (κ1) is 33.3. The highest BCUT2D eigenvalue weighted by molar-refractivity contribution is 6.01. The Bertz CT molecular complexity index is 1440. The van der Waals surface area contributed by atoms with Gasteiger partial charge in [0.1, 0.15) is 22.8 Å². The molecule has 0 saturated carbocycles. The number of aliphatic hydroxyl groups excluding tert-OH is 1. The van der Waals surface area contributed by atoms with Crippen LogP contribution in [0.15, 0.2) is 77.8 Å². The predicted octanol–water partition coefficient (Wildman–Crippen LogP) is 5.16. The molecule has 0 bridgehead atoms. The number of methoxy groups -OCH3 is 2. The average molecular weight is 619 g/mol. The second-order valence-electron chi connectivity index (χ2n) is 11.7. The fourth-order valence-electron chi connectivity index (χ4n) is 4.99. The van der Waals surface area contributed by atoms with E-state index in [0.29, 0.717) is 35.8 Å². The van der Waals surface area contributed by atoms with Crippen molar-refractivity contribution >= 4 is 17.8 Å². The molecule has 0 aliphatic carbocycles. The summed E-state index contributed by atoms with van der Waals surface area (Å²) in [6.45, 7) is 5.99. The lowest BCUT2D eigenvalue weighted by atomic mass is 9.83. The van der Waals surface area contributed by atoms with Gasteiger partial charge >= 0.3 is 5.97 Å². The SMILES string of the molecule is COc1cc(CNC(=O)[C@]2(CCC(=O)OC(C)(C)C)N=C(c3ccc(OCCCO)cc3)O[C@@H]2c2ccccc2)cc(OC)c1. The smallest absolute Gasteiger partial charge is 0.306 e. The molecule has 0 saturated heterocycles. The molecule has 10 nitrogen and oxygen atoms in total. The summed E-state index contributed by atoms with van der Waals surface area (Å²) in [5, 5.41) is 12.1. The number of nitrogens with one attached hydrogen (secondary N) is 1. The largest absolute Gasteiger partial charge is 0.497 e. The van der Waals surface area contributed by atoms with Gasteiger partial charge in [-0.05, 0) is 74.7 Å². The van der Waals surface area contributed by atoms with Crippen LogP contribution in [0.1, 0.15) is 62.8 Å². The zero-order valence-corrected chi connectivity index (χ0v) is 26.5. The monoisotopic (exact) mass is 618 g/mol. The quantitative estimate of drug-likeness (QED) is 0.188. The van der Waals surface area contributed by atoms with E-state index in [2.05, 4.69) is 5.32 Å². The third-order valence-corrected chi connectivity index (χ3v) is 7.13. The fraction of sp³-hybridized carbons (Fsp3) is 0.400. The summed E-state index contributed by atoms with van der Waals surface area (Å²) in [7, 11) is 3.13. The molecular weight excluding hydrogens is 576 g/mol. The molecule has 1 amide bonds. The van der Waals surface area contributed by atoms with Crippen LogP contribution in [-0.4, -0.2) is 61.5 Å². The number of hydrogen-bond acceptors (Lipinski definition) is 9. The topological polar surface area (TPSA) is 125 Å². The predicted molar refractivity (Wildman–Crippen MR) is 170 cm³/mol. The van der Waals surface area contributed by atoms with Gasteiger partial charge < -0.3 is 34.1 Å². The molecule has 3 aromatic carbocycles. The Labute approximate surface area is 264 Å². The molecule has 0 aromatic heterocycles. The lowest BCUT2D eigenvalue weighted by molar-refractivity contribution is -0.155. The van der Waals surface area contributed by atoms with Gasteiger partial charge in [0, 0.05) is 37.6 Å². The number of ether oxygens (including phenoxy) is 5. The number of rotatable bonds is 14. The maximum atomic E-state index is 14.4. The normalized spacial score (nSPS) is 17.6. The maximum absolute atomic E-state index is 14.4. The fourth-order valence-corrected chi connectivity index (χ4v) is 4.99. The molecule has 0 radical (unpaired) electrons. The standard InChI is InChI=1S/C35H42N2O8/c1-34(2,3)45-30(39)16-17-35(33(40)36-23-24-20-28(41-4)22-29(21-24)42-5)31(25-10-7-6-8-11-25)44-32(37-35)26-12-14-27(15-13-26)43-19-9-18-38/h6-8,10-15,20-22,31,38H,9,16-19,23H2,1-5H3,(H,36,40)/t31-,35-/m1/s1. The summed E-state index contributed by atoms with van der Waals surface area (Å²) in [6, 6.07) is 21.9. The van der Waals surface area contributed by atoms with Gasteiger partial charge in [-0.3, -0.25) is 9.59 Å². The van der Waals surface area contributed by atoms with Crippen LogP contribution in [0.3, 0.4) is 0 Å². The van der Waals surface area contributed by atoms with Gasteiger partial charge in [0.05, 0.1) is 20.8 Å². The molecule has 1 aliphatic heterocycles. The summed E-state index contributed by atoms with van der Waals surface area (Å²) in [4.78, 5) is 32.2. The molecule has 2 atom stereocenters. The van der Waals surface area contributed by atoms with E-state index in [1.165, 1.54) is 0 Å². The highest BCUT2D eigenvalue weighted by atomic mass is 16.6. The number of benzene rings is 3. The molecule has 45 heavy (non-hydrogen) atoms. The first-order valence-electron chi connectivity index (χ1n) is 14.9. The van der Waals surface area contributed by atoms with Gasteiger partial charge in [-0.1, -0.05) is 30.3 Å². The van der Waals surface area contributed by atoms with Gasteiger partial charge in [-0.15, -0.1) is 0 Å². The Morgan fingerprint density at radius 2 is 1.62 bits per heavy atom. The van der Waals surface area contributed by atoms with Gasteiger partial charge in [-0.2, -0.15) is 0 Å². The molecule has 0 spiro atoms. The summed E-state index contributed by atoms with van der Waals surface area (Å²) < 4.78 is 28.5. The van der Waals surface area contributed by atoms with Crippen molar-refractivity contribution in [3.05, 3.63) is 89.5 Å². The molecule has 1 aliphatic rings. The van der Waals surface area contributed by atoms with Gasteiger partial charge in [0.25, 0.3) is 5.91 Å². The minimum Gasteiger partial charge on any atom is -0.497 e. The molecule has 1 heterocycles. The minimum atomic E-state index is -1.49. The summed E-state index contributed by atoms with van der Waals surface area (Å²) in [5.74, 6) is 1.25. The number of hydrogen-bond donors (Lipinski definition) is 2. The Kier molecular flexibility index (Phi) is 11.1. The molecule has 10 heteroatoms. The van der Waals surface area contributed by atoms with Crippen LogP contribution in [0.25, 0.3) is 0 Å². The first-order chi connectivity index (χ1) is 21.6. The Balaban J connectivity index is 1.71. The van der Waals surface area contributed by atoms with Gasteiger partial charge in [0.15, 0.2) is 11.6 Å². The second kappa shape index (κ2) is 14.9. The maximum Gasteiger partial charge on any atom is 0.306 e. The van der Waals surface area contributed by atoms with E-state index in [4.69, 9.17) is 33.8 Å². The van der Waals surface area contributed by atoms with Crippen molar-refractivity contribution in [3.63, 3.8) is 0 Å². The number of aliphatic hydroxyl groups is 1. The van der Waals surface area contributed by atoms with E-state index < -0.39 is 29.1 Å². The third kappa shape index (κ3) is 8.76. The van der Waals surface area contributed by atoms with Crippen molar-refractivity contribution in [1.29, 1.82) is 0 Å². The van der Waals surface area contributed by atoms with Crippen LogP contribution in [0.4, 0.5) is 0 Å². The van der Waals surface area contributed by atoms with E-state index in [0.717, 1.165) is 11.1 Å². The lowest BCUT2D eigenvalue weighted by Crippen LogP contribution is -2.48. The molecule has 2 N–H and O–H groups in total. The number of carbonyl (C=O) groups excluding carboxylic acids is 2. The summed E-state index contributed by atoms with van der Waals surface area (Å²) in [5.41, 5.74) is -0.0268. The third-order valence-electron chi connectivity index (χ3n) is 7.13. The highest BCUT2D eigenvalue weighted by Gasteiger charge is 2.53. The number of esters is 1. The Morgan fingerprint density at radius 3 is 2.22 bits per heavy atom. The van der Waals surface area contributed by atoms with Crippen LogP contribution in [-0.2, 0) is 25.6 Å². The molecule has 0 fully saturated rings. The van der Waals surface area contributed by atoms with Crippen LogP contribution in [0.2, 0.25) is 0 Å². The van der Waals surface area contributed by atoms with E-state index in [1.54, 1.807) is 65.3 Å². The summed E-state index contributed by atoms with van der Waals surface area (Å²) in [6.07, 6.45) is -0.315. The van der Waals surface area contributed by atoms with Gasteiger partial charge in [0.2, 0.25) is 5.90 Å². The van der Waals surface area contributed by atoms with Crippen molar-refractivity contribution in [2.75, 3.05) is 27.4 Å². The number of carbonyl (C=O) groups is 2. The van der Waals surface area contributed by atoms with Crippen molar-refractivity contribution in [2.24, 2.45) is 4.99 Å². The van der Waals surface area contributed by atoms with Crippen molar-refractivity contribution in [3.8, 4) is 17.2 Å². The van der Waals surface area contributed by atoms with Gasteiger partial charge in [-0.25, -0.2) is 4.99 Å². The Hall–Kier alpha value is -4.57. The number of amides is 1. The number of aliphatic imine (C=N–C) groups is 1. The van der Waals surface area contributed by atoms with Crippen molar-refractivity contribution in [2.45, 2.75) is 63.8 Å². The first-order valence-corrected chi connectivity index (χ1v) is 14.9. The van der Waals surface area contributed by atoms with Crippen LogP contribution in [0.5, 0.6) is 17.2 Å². The molecule has 4 rings (SSSR count). The number of nitrogens with zero attached hydrogens (tertiary/aromatic N) is 1. The molecular formula is C35H42N2O8. The minimum absolute atomic E-state index is 0.0423. The van der Waals surface area contributed by atoms with E-state index >= 15 is 0 Å². The zero-order valence-electron chi connectivity index (χ0n) is 26.5. The Morgan fingerprint density at radius 1 is 0.956 bits per heavy atom. The zero-order chi connectivity index (χ0) is 32.5. The van der Waals surface area contributed by atoms with Crippen LogP contribution in [0, 0.1) is 0 Å². The van der Waals surface area contributed by atoms with E-state index in [-0.39, 0.29) is 31.9 Å². The van der Waals surface area contributed by atoms with Crippen LogP contribution >= 0.6 is 0 Å². The molecule has 3 aromatic rings. The lowest BCUT2D eigenvalue weighted by Gasteiger charge is -2.31. The van der Waals surface area contributed by atoms with Crippen molar-refractivity contribution < 1.29 is 38.4 Å².